The fraction of sp³-hybridized carbons (Fsp3) is 0.176. The number of aryl methyl sites for hydroxylation is 12. The molecule has 0 unspecified atom stereocenters. The Labute approximate surface area is 462 Å². The molecule has 368 valence electrons. The predicted octanol–water partition coefficient (Wildman–Crippen LogP) is 19.2. The average molecular weight is 1080 g/mol. The minimum atomic E-state index is 0. The van der Waals surface area contributed by atoms with E-state index in [1.54, 1.807) is 0 Å². The van der Waals surface area contributed by atoms with Crippen LogP contribution in [0, 0.1) is 70.2 Å². The van der Waals surface area contributed by atoms with Crippen LogP contribution >= 0.6 is 24.8 Å². The molecule has 0 atom stereocenters. The molecule has 0 aliphatic heterocycles. The van der Waals surface area contributed by atoms with Gasteiger partial charge in [-0.1, -0.05) is 236 Å². The fourth-order valence-electron chi connectivity index (χ4n) is 10.4. The van der Waals surface area contributed by atoms with E-state index in [1.165, 1.54) is 156 Å². The molecule has 0 saturated carbocycles. The van der Waals surface area contributed by atoms with Crippen molar-refractivity contribution in [2.75, 3.05) is 0 Å². The Morgan fingerprint density at radius 2 is 0.569 bits per heavy atom. The zero-order valence-electron chi connectivity index (χ0n) is 44.0. The summed E-state index contributed by atoms with van der Waals surface area (Å²) in [6, 6.07) is 68.1. The molecule has 10 aromatic carbocycles. The quantitative estimate of drug-likeness (QED) is 0.0946. The first kappa shape index (κ1) is 59.2. The molecule has 0 bridgehead atoms. The molecule has 2 radical (unpaired) electrons. The third-order valence-electron chi connectivity index (χ3n) is 13.1. The molecule has 0 N–H and O–H groups in total. The van der Waals surface area contributed by atoms with Gasteiger partial charge in [0.15, 0.2) is 0 Å². The Kier molecular flexibility index (Phi) is 22.3. The monoisotopic (exact) mass is 1070 g/mol. The van der Waals surface area contributed by atoms with Gasteiger partial charge in [0.1, 0.15) is 0 Å². The Hall–Kier alpha value is -5.34. The van der Waals surface area contributed by atoms with Gasteiger partial charge in [0, 0.05) is 0 Å². The molecule has 10 rings (SSSR count). The van der Waals surface area contributed by atoms with Crippen LogP contribution in [0.15, 0.2) is 182 Å². The van der Waals surface area contributed by atoms with Crippen LogP contribution in [0.2, 0.25) is 0 Å². The number of fused-ring (bicyclic) bond motifs is 2. The van der Waals surface area contributed by atoms with Crippen LogP contribution in [0.3, 0.4) is 0 Å². The Bertz CT molecular complexity index is 2870. The Morgan fingerprint density at radius 1 is 0.319 bits per heavy atom. The standard InChI is InChI=1S/2C33H31.2CH3.2ClH.Si.Zr/c2*1-22-14-23(2)17-28(16-22)30-12-13-31(29-18-24(3)15-25(4)19-29)33-21-27(20-32(30)33)11-10-26-8-6-5-7-9-26;;;;;;/h2*5-9,12-21H,10-11H2,1-4H3;2*1H3;2*1H;;/q4*-1;;;;. The summed E-state index contributed by atoms with van der Waals surface area (Å²) in [6.45, 7) is 20.6. The molecule has 10 aromatic rings. The first-order chi connectivity index (χ1) is 32.9. The van der Waals surface area contributed by atoms with Crippen molar-refractivity contribution in [1.82, 2.24) is 0 Å². The third kappa shape index (κ3) is 14.5. The summed E-state index contributed by atoms with van der Waals surface area (Å²) >= 11 is 1.36. The van der Waals surface area contributed by atoms with Crippen LogP contribution in [-0.2, 0) is 49.0 Å². The van der Waals surface area contributed by atoms with Crippen molar-refractivity contribution in [3.63, 3.8) is 0 Å². The molecule has 0 fully saturated rings. The van der Waals surface area contributed by atoms with Crippen LogP contribution < -0.4 is 0 Å². The summed E-state index contributed by atoms with van der Waals surface area (Å²) in [4.78, 5) is 0. The van der Waals surface area contributed by atoms with Gasteiger partial charge in [0.25, 0.3) is 0 Å². The topological polar surface area (TPSA) is 0 Å². The van der Waals surface area contributed by atoms with E-state index in [0.29, 0.717) is 0 Å². The normalized spacial score (nSPS) is 10.4. The molecule has 72 heavy (non-hydrogen) atoms. The van der Waals surface area contributed by atoms with Gasteiger partial charge in [-0.15, -0.1) is 69.6 Å². The molecule has 0 aliphatic carbocycles. The SMILES string of the molecule is Cc1cc(C)cc(-c2ccc(-c3cc(C)cc(C)c3)c3[cH-]c(CCc4ccccc4)cc23)c1.Cc1cc(C)cc(-c2ccc(-c3cc(C)cc(C)c3)c3[cH-]c(CCc4ccccc4)cc23)c1.Cl.Cl.[CH3-].[CH3-].[Si]=[Zr]. The van der Waals surface area contributed by atoms with E-state index in [1.807, 2.05) is 0 Å². The third-order valence-corrected chi connectivity index (χ3v) is 13.1. The van der Waals surface area contributed by atoms with Gasteiger partial charge in [0.05, 0.1) is 0 Å². The molecule has 0 aliphatic rings. The van der Waals surface area contributed by atoms with Crippen LogP contribution in [0.25, 0.3) is 66.1 Å². The molecular weight excluding hydrogens is 1010 g/mol. The molecule has 4 heteroatoms. The maximum absolute atomic E-state index is 3.06. The van der Waals surface area contributed by atoms with E-state index in [4.69, 9.17) is 0 Å². The van der Waals surface area contributed by atoms with Gasteiger partial charge < -0.3 is 14.9 Å². The zero-order chi connectivity index (χ0) is 47.9. The van der Waals surface area contributed by atoms with E-state index < -0.39 is 0 Å². The summed E-state index contributed by atoms with van der Waals surface area (Å²) < 4.78 is 0. The second-order valence-corrected chi connectivity index (χ2v) is 19.2. The molecule has 0 saturated heterocycles. The first-order valence-corrected chi connectivity index (χ1v) is 28.2. The van der Waals surface area contributed by atoms with E-state index in [-0.39, 0.29) is 39.7 Å². The first-order valence-electron chi connectivity index (χ1n) is 24.0. The molecule has 0 heterocycles. The minimum absolute atomic E-state index is 0. The second kappa shape index (κ2) is 27.1. The van der Waals surface area contributed by atoms with Gasteiger partial charge in [-0.2, -0.15) is 12.1 Å². The Morgan fingerprint density at radius 3 is 0.847 bits per heavy atom. The number of halogens is 2. The van der Waals surface area contributed by atoms with E-state index >= 15 is 0 Å². The molecule has 0 nitrogen and oxygen atoms in total. The Balaban J connectivity index is 0.000000287. The van der Waals surface area contributed by atoms with Crippen LogP contribution in [0.4, 0.5) is 0 Å². The van der Waals surface area contributed by atoms with Crippen molar-refractivity contribution in [3.8, 4) is 44.5 Å². The summed E-state index contributed by atoms with van der Waals surface area (Å²) in [5.74, 6) is 0. The number of rotatable bonds is 10. The van der Waals surface area contributed by atoms with Crippen LogP contribution in [0.5, 0.6) is 0 Å². The van der Waals surface area contributed by atoms with Crippen molar-refractivity contribution in [2.24, 2.45) is 0 Å². The van der Waals surface area contributed by atoms with Crippen molar-refractivity contribution in [2.45, 2.75) is 81.1 Å². The fourth-order valence-corrected chi connectivity index (χ4v) is 10.4. The molecule has 0 spiro atoms. The van der Waals surface area contributed by atoms with Gasteiger partial charge in [0.2, 0.25) is 0 Å². The predicted molar refractivity (Wildman–Crippen MR) is 320 cm³/mol. The molecule has 0 amide bonds. The second-order valence-electron chi connectivity index (χ2n) is 19.2. The maximum atomic E-state index is 3.06. The summed E-state index contributed by atoms with van der Waals surface area (Å²) in [6.07, 6.45) is 4.23. The van der Waals surface area contributed by atoms with Gasteiger partial charge in [-0.25, -0.2) is 0 Å². The van der Waals surface area contributed by atoms with E-state index in [0.717, 1.165) is 25.7 Å². The van der Waals surface area contributed by atoms with Crippen molar-refractivity contribution in [3.05, 3.63) is 264 Å². The van der Waals surface area contributed by atoms with Crippen LogP contribution in [-0.4, -0.2) is 6.88 Å². The number of hydrogen-bond donors (Lipinski definition) is 0. The molecular formula is C68H70Cl2SiZr-4. The average Bonchev–Trinajstić information content (AvgIpc) is 3.95. The van der Waals surface area contributed by atoms with Gasteiger partial charge in [-0.05, 0) is 103 Å². The number of hydrogen-bond acceptors (Lipinski definition) is 0. The van der Waals surface area contributed by atoms with Crippen molar-refractivity contribution < 1.29 is 23.3 Å². The van der Waals surface area contributed by atoms with Gasteiger partial charge in [-0.3, -0.25) is 0 Å². The van der Waals surface area contributed by atoms with Crippen molar-refractivity contribution in [1.29, 1.82) is 0 Å². The van der Waals surface area contributed by atoms with E-state index in [2.05, 4.69) is 244 Å². The number of benzene rings is 8. The zero-order valence-corrected chi connectivity index (χ0v) is 49.1. The van der Waals surface area contributed by atoms with Crippen molar-refractivity contribution >= 4 is 53.2 Å². The summed E-state index contributed by atoms with van der Waals surface area (Å²) in [7, 11) is 0. The summed E-state index contributed by atoms with van der Waals surface area (Å²) in [5, 5.41) is 5.44. The summed E-state index contributed by atoms with van der Waals surface area (Å²) in [5.41, 5.74) is 26.7. The van der Waals surface area contributed by atoms with E-state index in [9.17, 15) is 0 Å². The van der Waals surface area contributed by atoms with Crippen LogP contribution in [0.1, 0.15) is 66.8 Å². The molecule has 0 aromatic heterocycles. The van der Waals surface area contributed by atoms with Gasteiger partial charge >= 0.3 is 30.2 Å².